The van der Waals surface area contributed by atoms with Crippen LogP contribution in [0, 0.1) is 13.8 Å². The van der Waals surface area contributed by atoms with E-state index in [0.717, 1.165) is 28.8 Å². The van der Waals surface area contributed by atoms with Crippen LogP contribution in [0.1, 0.15) is 35.2 Å². The van der Waals surface area contributed by atoms with Gasteiger partial charge in [-0.05, 0) is 44.5 Å². The van der Waals surface area contributed by atoms with Crippen molar-refractivity contribution >= 4 is 28.5 Å². The zero-order valence-electron chi connectivity index (χ0n) is 14.0. The Balaban J connectivity index is 1.90. The lowest BCUT2D eigenvalue weighted by Gasteiger charge is -2.09. The molecule has 0 amide bonds. The second kappa shape index (κ2) is 6.70. The first-order chi connectivity index (χ1) is 11.6. The van der Waals surface area contributed by atoms with Gasteiger partial charge in [0, 0.05) is 11.4 Å². The van der Waals surface area contributed by atoms with E-state index in [4.69, 9.17) is 4.74 Å². The molecule has 0 unspecified atom stereocenters. The molecule has 0 aliphatic carbocycles. The summed E-state index contributed by atoms with van der Waals surface area (Å²) in [5.41, 5.74) is 3.10. The fourth-order valence-corrected chi connectivity index (χ4v) is 2.49. The fraction of sp³-hybridized carbons (Fsp3) is 0.278. The number of hydrogen-bond acceptors (Lipinski definition) is 5. The van der Waals surface area contributed by atoms with Gasteiger partial charge in [-0.2, -0.15) is 0 Å². The van der Waals surface area contributed by atoms with E-state index in [0.29, 0.717) is 23.8 Å². The predicted molar refractivity (Wildman–Crippen MR) is 93.7 cm³/mol. The molecule has 0 fully saturated rings. The third kappa shape index (κ3) is 3.37. The molecule has 3 rings (SSSR count). The number of carbonyl (C=O) groups is 1. The number of aryl methyl sites for hydroxylation is 2. The number of aromatic amines is 1. The predicted octanol–water partition coefficient (Wildman–Crippen LogP) is 3.89. The van der Waals surface area contributed by atoms with Gasteiger partial charge in [-0.25, -0.2) is 14.8 Å². The van der Waals surface area contributed by atoms with Gasteiger partial charge in [-0.15, -0.1) is 0 Å². The van der Waals surface area contributed by atoms with Crippen LogP contribution in [0.25, 0.3) is 11.0 Å². The van der Waals surface area contributed by atoms with Crippen LogP contribution in [0.2, 0.25) is 0 Å². The third-order valence-corrected chi connectivity index (χ3v) is 3.53. The lowest BCUT2D eigenvalue weighted by molar-refractivity contribution is 0.0505. The average Bonchev–Trinajstić information content (AvgIpc) is 2.93. The normalized spacial score (nSPS) is 10.8. The zero-order chi connectivity index (χ0) is 17.1. The van der Waals surface area contributed by atoms with Crippen LogP contribution < -0.4 is 5.32 Å². The van der Waals surface area contributed by atoms with Crippen molar-refractivity contribution in [3.8, 4) is 0 Å². The highest BCUT2D eigenvalue weighted by Gasteiger charge is 2.11. The Morgan fingerprint density at radius 2 is 2.08 bits per heavy atom. The number of aromatic nitrogens is 3. The number of esters is 1. The van der Waals surface area contributed by atoms with Gasteiger partial charge in [0.1, 0.15) is 17.3 Å². The van der Waals surface area contributed by atoms with E-state index in [1.807, 2.05) is 39.0 Å². The number of anilines is 2. The van der Waals surface area contributed by atoms with Gasteiger partial charge >= 0.3 is 5.97 Å². The van der Waals surface area contributed by atoms with Gasteiger partial charge in [0.15, 0.2) is 0 Å². The monoisotopic (exact) mass is 324 g/mol. The molecule has 6 nitrogen and oxygen atoms in total. The van der Waals surface area contributed by atoms with Crippen molar-refractivity contribution in [1.29, 1.82) is 0 Å². The Kier molecular flexibility index (Phi) is 4.46. The molecule has 24 heavy (non-hydrogen) atoms. The molecular formula is C18H20N4O2. The van der Waals surface area contributed by atoms with E-state index in [1.165, 1.54) is 0 Å². The molecule has 2 aromatic heterocycles. The highest BCUT2D eigenvalue weighted by Crippen LogP contribution is 2.25. The molecule has 0 aliphatic rings. The second-order valence-corrected chi connectivity index (χ2v) is 5.68. The fourth-order valence-electron chi connectivity index (χ4n) is 2.49. The summed E-state index contributed by atoms with van der Waals surface area (Å²) in [5.74, 6) is 1.06. The van der Waals surface area contributed by atoms with Crippen LogP contribution in [-0.4, -0.2) is 27.5 Å². The van der Waals surface area contributed by atoms with E-state index in [9.17, 15) is 4.79 Å². The standard InChI is InChI=1S/C18H20N4O2/c1-4-8-24-18(23)13-6-5-7-14(10-13)22-17-15-9-11(2)19-16(15)20-12(3)21-17/h5-7,9-10H,4,8H2,1-3H3,(H2,19,20,21,22). The van der Waals surface area contributed by atoms with Crippen molar-refractivity contribution in [2.45, 2.75) is 27.2 Å². The van der Waals surface area contributed by atoms with Crippen molar-refractivity contribution in [2.75, 3.05) is 11.9 Å². The van der Waals surface area contributed by atoms with Crippen LogP contribution in [0.3, 0.4) is 0 Å². The minimum absolute atomic E-state index is 0.318. The van der Waals surface area contributed by atoms with Gasteiger partial charge in [-0.1, -0.05) is 13.0 Å². The Hall–Kier alpha value is -2.89. The molecule has 0 bridgehead atoms. The van der Waals surface area contributed by atoms with E-state index < -0.39 is 0 Å². The summed E-state index contributed by atoms with van der Waals surface area (Å²) in [6.07, 6.45) is 0.800. The lowest BCUT2D eigenvalue weighted by Crippen LogP contribution is -2.06. The van der Waals surface area contributed by atoms with Crippen molar-refractivity contribution in [3.63, 3.8) is 0 Å². The molecule has 2 N–H and O–H groups in total. The first-order valence-corrected chi connectivity index (χ1v) is 7.95. The number of carbonyl (C=O) groups excluding carboxylic acids is 1. The van der Waals surface area contributed by atoms with Crippen molar-refractivity contribution < 1.29 is 9.53 Å². The molecule has 0 atom stereocenters. The Bertz CT molecular complexity index is 886. The quantitative estimate of drug-likeness (QED) is 0.696. The molecule has 0 radical (unpaired) electrons. The maximum absolute atomic E-state index is 12.0. The van der Waals surface area contributed by atoms with Crippen molar-refractivity contribution in [2.24, 2.45) is 0 Å². The molecule has 3 aromatic rings. The maximum Gasteiger partial charge on any atom is 0.338 e. The summed E-state index contributed by atoms with van der Waals surface area (Å²) < 4.78 is 5.18. The number of ether oxygens (including phenoxy) is 1. The van der Waals surface area contributed by atoms with Crippen LogP contribution in [0.4, 0.5) is 11.5 Å². The summed E-state index contributed by atoms with van der Waals surface area (Å²) in [6, 6.07) is 9.21. The first-order valence-electron chi connectivity index (χ1n) is 7.95. The number of hydrogen-bond donors (Lipinski definition) is 2. The van der Waals surface area contributed by atoms with Crippen LogP contribution >= 0.6 is 0 Å². The molecule has 1 aromatic carbocycles. The molecule has 0 spiro atoms. The zero-order valence-corrected chi connectivity index (χ0v) is 14.0. The Labute approximate surface area is 140 Å². The number of nitrogens with one attached hydrogen (secondary N) is 2. The molecule has 6 heteroatoms. The summed E-state index contributed by atoms with van der Waals surface area (Å²) >= 11 is 0. The average molecular weight is 324 g/mol. The van der Waals surface area contributed by atoms with Crippen molar-refractivity contribution in [1.82, 2.24) is 15.0 Å². The highest BCUT2D eigenvalue weighted by atomic mass is 16.5. The van der Waals surface area contributed by atoms with E-state index in [1.54, 1.807) is 12.1 Å². The van der Waals surface area contributed by atoms with E-state index in [-0.39, 0.29) is 5.97 Å². The minimum Gasteiger partial charge on any atom is -0.462 e. The molecule has 124 valence electrons. The topological polar surface area (TPSA) is 79.9 Å². The number of benzene rings is 1. The van der Waals surface area contributed by atoms with E-state index >= 15 is 0 Å². The SMILES string of the molecule is CCCOC(=O)c1cccc(Nc2nc(C)nc3[nH]c(C)cc23)c1. The second-order valence-electron chi connectivity index (χ2n) is 5.68. The minimum atomic E-state index is -0.318. The first kappa shape index (κ1) is 16.0. The summed E-state index contributed by atoms with van der Waals surface area (Å²) in [7, 11) is 0. The van der Waals surface area contributed by atoms with Gasteiger partial charge in [0.05, 0.1) is 17.6 Å². The van der Waals surface area contributed by atoms with Crippen LogP contribution in [0.5, 0.6) is 0 Å². The highest BCUT2D eigenvalue weighted by molar-refractivity contribution is 5.92. The van der Waals surface area contributed by atoms with Crippen LogP contribution in [0.15, 0.2) is 30.3 Å². The van der Waals surface area contributed by atoms with Gasteiger partial charge in [0.2, 0.25) is 0 Å². The molecule has 0 saturated carbocycles. The number of nitrogens with zero attached hydrogens (tertiary/aromatic N) is 2. The van der Waals surface area contributed by atoms with Gasteiger partial charge < -0.3 is 15.0 Å². The molecule has 2 heterocycles. The smallest absolute Gasteiger partial charge is 0.338 e. The summed E-state index contributed by atoms with van der Waals surface area (Å²) in [6.45, 7) is 6.21. The van der Waals surface area contributed by atoms with Gasteiger partial charge in [-0.3, -0.25) is 0 Å². The summed E-state index contributed by atoms with van der Waals surface area (Å²) in [4.78, 5) is 24.1. The Morgan fingerprint density at radius 3 is 2.88 bits per heavy atom. The molecule has 0 aliphatic heterocycles. The number of fused-ring (bicyclic) bond motifs is 1. The van der Waals surface area contributed by atoms with Crippen LogP contribution in [-0.2, 0) is 4.74 Å². The van der Waals surface area contributed by atoms with Gasteiger partial charge in [0.25, 0.3) is 0 Å². The van der Waals surface area contributed by atoms with Crippen molar-refractivity contribution in [3.05, 3.63) is 47.4 Å². The summed E-state index contributed by atoms with van der Waals surface area (Å²) in [5, 5.41) is 4.19. The Morgan fingerprint density at radius 1 is 1.25 bits per heavy atom. The maximum atomic E-state index is 12.0. The third-order valence-electron chi connectivity index (χ3n) is 3.53. The largest absolute Gasteiger partial charge is 0.462 e. The number of H-pyrrole nitrogens is 1. The lowest BCUT2D eigenvalue weighted by atomic mass is 10.2. The number of rotatable bonds is 5. The van der Waals surface area contributed by atoms with E-state index in [2.05, 4.69) is 20.3 Å². The molecule has 0 saturated heterocycles. The molecular weight excluding hydrogens is 304 g/mol.